The van der Waals surface area contributed by atoms with Gasteiger partial charge in [-0.3, -0.25) is 18.9 Å². The molecule has 1 unspecified atom stereocenters. The van der Waals surface area contributed by atoms with E-state index in [9.17, 15) is 9.59 Å². The van der Waals surface area contributed by atoms with Crippen LogP contribution < -0.4 is 5.56 Å². The molecule has 0 radical (unpaired) electrons. The molecule has 3 aromatic rings. The van der Waals surface area contributed by atoms with Crippen LogP contribution in [0.25, 0.3) is 4.96 Å². The number of aromatic nitrogens is 2. The molecule has 1 amide bonds. The van der Waals surface area contributed by atoms with Crippen LogP contribution in [0, 0.1) is 0 Å². The lowest BCUT2D eigenvalue weighted by Gasteiger charge is -2.35. The lowest BCUT2D eigenvalue weighted by molar-refractivity contribution is -0.133. The molecule has 0 bridgehead atoms. The molecular formula is C22H24N4O2S. The molecule has 6 nitrogen and oxygen atoms in total. The SMILES string of the molecule is O=C(CC1CCc2ccccc21)N1CCN(Cc2cc(=O)n3ccsc3n2)CC1. The first kappa shape index (κ1) is 18.5. The number of aryl methyl sites for hydroxylation is 1. The van der Waals surface area contributed by atoms with E-state index < -0.39 is 0 Å². The number of fused-ring (bicyclic) bond motifs is 2. The highest BCUT2D eigenvalue weighted by atomic mass is 32.1. The maximum absolute atomic E-state index is 12.8. The lowest BCUT2D eigenvalue weighted by Crippen LogP contribution is -2.48. The van der Waals surface area contributed by atoms with Crippen molar-refractivity contribution in [3.05, 3.63) is 69.1 Å². The minimum absolute atomic E-state index is 0.0306. The van der Waals surface area contributed by atoms with Gasteiger partial charge in [-0.2, -0.15) is 0 Å². The summed E-state index contributed by atoms with van der Waals surface area (Å²) in [7, 11) is 0. The molecule has 1 saturated heterocycles. The second-order valence-electron chi connectivity index (χ2n) is 7.94. The molecule has 0 N–H and O–H groups in total. The van der Waals surface area contributed by atoms with E-state index in [1.54, 1.807) is 16.7 Å². The van der Waals surface area contributed by atoms with Crippen LogP contribution in [0.5, 0.6) is 0 Å². The molecule has 0 spiro atoms. The number of rotatable bonds is 4. The van der Waals surface area contributed by atoms with Crippen molar-refractivity contribution in [1.82, 2.24) is 19.2 Å². The largest absolute Gasteiger partial charge is 0.340 e. The first-order valence-electron chi connectivity index (χ1n) is 10.2. The minimum atomic E-state index is -0.0306. The van der Waals surface area contributed by atoms with Crippen molar-refractivity contribution >= 4 is 22.2 Å². The number of nitrogens with zero attached hydrogens (tertiary/aromatic N) is 4. The predicted molar refractivity (Wildman–Crippen MR) is 113 cm³/mol. The molecule has 7 heteroatoms. The van der Waals surface area contributed by atoms with E-state index in [0.29, 0.717) is 18.9 Å². The van der Waals surface area contributed by atoms with Gasteiger partial charge in [0.05, 0.1) is 5.69 Å². The average molecular weight is 409 g/mol. The fourth-order valence-corrected chi connectivity index (χ4v) is 5.29. The number of hydrogen-bond donors (Lipinski definition) is 0. The molecule has 3 heterocycles. The van der Waals surface area contributed by atoms with Crippen molar-refractivity contribution < 1.29 is 4.79 Å². The van der Waals surface area contributed by atoms with Crippen LogP contribution in [0.2, 0.25) is 0 Å². The molecule has 2 aliphatic rings. The molecule has 29 heavy (non-hydrogen) atoms. The van der Waals surface area contributed by atoms with Gasteiger partial charge in [-0.1, -0.05) is 24.3 Å². The molecule has 0 saturated carbocycles. The summed E-state index contributed by atoms with van der Waals surface area (Å²) in [5, 5.41) is 1.88. The van der Waals surface area contributed by atoms with Crippen LogP contribution in [0.1, 0.15) is 35.6 Å². The summed E-state index contributed by atoms with van der Waals surface area (Å²) in [5.74, 6) is 0.633. The third-order valence-electron chi connectivity index (χ3n) is 6.14. The lowest BCUT2D eigenvalue weighted by atomic mass is 9.97. The van der Waals surface area contributed by atoms with Crippen molar-refractivity contribution in [3.63, 3.8) is 0 Å². The van der Waals surface area contributed by atoms with E-state index in [1.165, 1.54) is 22.5 Å². The second-order valence-corrected chi connectivity index (χ2v) is 8.81. The Labute approximate surface area is 173 Å². The first-order chi connectivity index (χ1) is 14.2. The van der Waals surface area contributed by atoms with E-state index in [2.05, 4.69) is 34.1 Å². The van der Waals surface area contributed by atoms with Crippen molar-refractivity contribution in [2.75, 3.05) is 26.2 Å². The quantitative estimate of drug-likeness (QED) is 0.666. The number of carbonyl (C=O) groups is 1. The Kier molecular flexibility index (Phi) is 4.93. The van der Waals surface area contributed by atoms with Gasteiger partial charge in [-0.25, -0.2) is 4.98 Å². The Hall–Kier alpha value is -2.51. The summed E-state index contributed by atoms with van der Waals surface area (Å²) in [5.41, 5.74) is 3.54. The Morgan fingerprint density at radius 2 is 2.00 bits per heavy atom. The number of piperazine rings is 1. The van der Waals surface area contributed by atoms with E-state index in [0.717, 1.165) is 49.7 Å². The number of hydrogen-bond acceptors (Lipinski definition) is 5. The third-order valence-corrected chi connectivity index (χ3v) is 6.90. The number of carbonyl (C=O) groups excluding carboxylic acids is 1. The second kappa shape index (κ2) is 7.72. The molecule has 2 aromatic heterocycles. The molecule has 1 fully saturated rings. The zero-order valence-corrected chi connectivity index (χ0v) is 17.1. The summed E-state index contributed by atoms with van der Waals surface area (Å²) < 4.78 is 1.58. The molecule has 1 atom stereocenters. The topological polar surface area (TPSA) is 57.9 Å². The Morgan fingerprint density at radius 3 is 2.86 bits per heavy atom. The number of amides is 1. The van der Waals surface area contributed by atoms with Gasteiger partial charge in [0.25, 0.3) is 5.56 Å². The predicted octanol–water partition coefficient (Wildman–Crippen LogP) is 2.52. The van der Waals surface area contributed by atoms with Gasteiger partial charge in [0.15, 0.2) is 4.96 Å². The summed E-state index contributed by atoms with van der Waals surface area (Å²) in [4.78, 5) is 34.6. The fourth-order valence-electron chi connectivity index (χ4n) is 4.55. The highest BCUT2D eigenvalue weighted by Gasteiger charge is 2.28. The van der Waals surface area contributed by atoms with Crippen molar-refractivity contribution in [1.29, 1.82) is 0 Å². The van der Waals surface area contributed by atoms with E-state index in [-0.39, 0.29) is 11.5 Å². The van der Waals surface area contributed by atoms with Gasteiger partial charge < -0.3 is 4.90 Å². The standard InChI is InChI=1S/C22H24N4O2S/c27-20(13-17-6-5-16-3-1-2-4-19(16)17)25-9-7-24(8-10-25)15-18-14-21(28)26-11-12-29-22(26)23-18/h1-4,11-12,14,17H,5-10,13,15H2. The van der Waals surface area contributed by atoms with E-state index in [4.69, 9.17) is 0 Å². The fraction of sp³-hybridized carbons (Fsp3) is 0.409. The van der Waals surface area contributed by atoms with Crippen LogP contribution in [-0.4, -0.2) is 51.3 Å². The van der Waals surface area contributed by atoms with Crippen LogP contribution in [-0.2, 0) is 17.8 Å². The van der Waals surface area contributed by atoms with Crippen molar-refractivity contribution in [3.8, 4) is 0 Å². The summed E-state index contributed by atoms with van der Waals surface area (Å²) >= 11 is 1.47. The maximum Gasteiger partial charge on any atom is 0.258 e. The van der Waals surface area contributed by atoms with Gasteiger partial charge in [0, 0.05) is 56.8 Å². The summed E-state index contributed by atoms with van der Waals surface area (Å²) in [6, 6.07) is 10.1. The highest BCUT2D eigenvalue weighted by Crippen LogP contribution is 2.35. The van der Waals surface area contributed by atoms with E-state index in [1.807, 2.05) is 10.3 Å². The molecule has 5 rings (SSSR count). The molecule has 1 aliphatic heterocycles. The smallest absolute Gasteiger partial charge is 0.258 e. The zero-order chi connectivity index (χ0) is 19.8. The molecule has 1 aromatic carbocycles. The van der Waals surface area contributed by atoms with Gasteiger partial charge >= 0.3 is 0 Å². The zero-order valence-electron chi connectivity index (χ0n) is 16.3. The Morgan fingerprint density at radius 1 is 1.17 bits per heavy atom. The summed E-state index contributed by atoms with van der Waals surface area (Å²) in [6.45, 7) is 3.78. The van der Waals surface area contributed by atoms with Gasteiger partial charge in [-0.15, -0.1) is 11.3 Å². The highest BCUT2D eigenvalue weighted by molar-refractivity contribution is 7.15. The molecular weight excluding hydrogens is 384 g/mol. The van der Waals surface area contributed by atoms with Crippen molar-refractivity contribution in [2.24, 2.45) is 0 Å². The molecule has 150 valence electrons. The van der Waals surface area contributed by atoms with Crippen LogP contribution >= 0.6 is 11.3 Å². The normalized spacial score (nSPS) is 19.6. The van der Waals surface area contributed by atoms with Crippen LogP contribution in [0.15, 0.2) is 46.7 Å². The van der Waals surface area contributed by atoms with Crippen LogP contribution in [0.4, 0.5) is 0 Å². The van der Waals surface area contributed by atoms with Crippen LogP contribution in [0.3, 0.4) is 0 Å². The van der Waals surface area contributed by atoms with Gasteiger partial charge in [-0.05, 0) is 29.9 Å². The third kappa shape index (κ3) is 3.72. The average Bonchev–Trinajstić information content (AvgIpc) is 3.36. The minimum Gasteiger partial charge on any atom is -0.340 e. The Balaban J connectivity index is 1.17. The number of benzene rings is 1. The molecule has 1 aliphatic carbocycles. The monoisotopic (exact) mass is 408 g/mol. The first-order valence-corrected chi connectivity index (χ1v) is 11.1. The number of thiazole rings is 1. The van der Waals surface area contributed by atoms with Gasteiger partial charge in [0.2, 0.25) is 5.91 Å². The van der Waals surface area contributed by atoms with E-state index >= 15 is 0 Å². The summed E-state index contributed by atoms with van der Waals surface area (Å²) in [6.07, 6.45) is 4.54. The Bertz CT molecular complexity index is 1100. The van der Waals surface area contributed by atoms with Gasteiger partial charge in [0.1, 0.15) is 0 Å². The maximum atomic E-state index is 12.8. The van der Waals surface area contributed by atoms with Crippen molar-refractivity contribution in [2.45, 2.75) is 31.7 Å².